The molecule has 0 atom stereocenters. The number of hydrogen-bond acceptors (Lipinski definition) is 3. The Kier molecular flexibility index (Phi) is 5.58. The molecule has 0 saturated carbocycles. The second-order valence-corrected chi connectivity index (χ2v) is 5.79. The van der Waals surface area contributed by atoms with Crippen LogP contribution in [0, 0.1) is 0 Å². The van der Waals surface area contributed by atoms with Crippen molar-refractivity contribution < 1.29 is 4.42 Å². The Balaban J connectivity index is 1.69. The van der Waals surface area contributed by atoms with Gasteiger partial charge in [0.25, 0.3) is 0 Å². The Bertz CT molecular complexity index is 703. The summed E-state index contributed by atoms with van der Waals surface area (Å²) in [5.74, 6) is 0.856. The summed E-state index contributed by atoms with van der Waals surface area (Å²) in [6, 6.07) is 20.0. The van der Waals surface area contributed by atoms with E-state index in [-0.39, 0.29) is 0 Å². The van der Waals surface area contributed by atoms with Crippen LogP contribution in [0.1, 0.15) is 17.0 Å². The fraction of sp³-hybridized carbons (Fsp3) is 0.158. The molecular formula is C19H19N3OS. The van der Waals surface area contributed by atoms with Gasteiger partial charge in [-0.2, -0.15) is 0 Å². The normalized spacial score (nSPS) is 10.3. The van der Waals surface area contributed by atoms with Crippen molar-refractivity contribution in [3.05, 3.63) is 90.1 Å². The molecule has 0 aliphatic heterocycles. The van der Waals surface area contributed by atoms with Gasteiger partial charge >= 0.3 is 0 Å². The van der Waals surface area contributed by atoms with Crippen molar-refractivity contribution >= 4 is 17.3 Å². The van der Waals surface area contributed by atoms with Gasteiger partial charge in [-0.25, -0.2) is 0 Å². The molecule has 3 aromatic rings. The lowest BCUT2D eigenvalue weighted by Gasteiger charge is -2.25. The highest BCUT2D eigenvalue weighted by Gasteiger charge is 2.12. The minimum Gasteiger partial charge on any atom is -0.467 e. The SMILES string of the molecule is S=C(NCc1ccco1)N(Cc1ccccc1)Cc1ccccn1. The highest BCUT2D eigenvalue weighted by atomic mass is 32.1. The second-order valence-electron chi connectivity index (χ2n) is 5.40. The molecule has 0 spiro atoms. The number of nitrogens with one attached hydrogen (secondary N) is 1. The molecule has 122 valence electrons. The quantitative estimate of drug-likeness (QED) is 0.694. The Morgan fingerprint density at radius 3 is 2.54 bits per heavy atom. The largest absolute Gasteiger partial charge is 0.467 e. The van der Waals surface area contributed by atoms with Crippen LogP contribution in [0.25, 0.3) is 0 Å². The second kappa shape index (κ2) is 8.26. The van der Waals surface area contributed by atoms with Crippen molar-refractivity contribution in [1.82, 2.24) is 15.2 Å². The van der Waals surface area contributed by atoms with Crippen molar-refractivity contribution in [2.75, 3.05) is 0 Å². The molecule has 1 N–H and O–H groups in total. The Labute approximate surface area is 147 Å². The van der Waals surface area contributed by atoms with Crippen molar-refractivity contribution in [1.29, 1.82) is 0 Å². The molecule has 0 bridgehead atoms. The molecule has 0 unspecified atom stereocenters. The van der Waals surface area contributed by atoms with Gasteiger partial charge in [0.1, 0.15) is 5.76 Å². The lowest BCUT2D eigenvalue weighted by Crippen LogP contribution is -2.38. The summed E-state index contributed by atoms with van der Waals surface area (Å²) in [5.41, 5.74) is 2.19. The fourth-order valence-corrected chi connectivity index (χ4v) is 2.58. The Hall–Kier alpha value is -2.66. The first-order valence-corrected chi connectivity index (χ1v) is 8.21. The third kappa shape index (κ3) is 4.67. The fourth-order valence-electron chi connectivity index (χ4n) is 2.38. The molecule has 0 fully saturated rings. The van der Waals surface area contributed by atoms with Crippen LogP contribution in [0.15, 0.2) is 77.5 Å². The average Bonchev–Trinajstić information content (AvgIpc) is 3.14. The number of hydrogen-bond donors (Lipinski definition) is 1. The summed E-state index contributed by atoms with van der Waals surface area (Å²) < 4.78 is 5.35. The highest BCUT2D eigenvalue weighted by Crippen LogP contribution is 2.10. The van der Waals surface area contributed by atoms with E-state index in [0.29, 0.717) is 18.2 Å². The molecule has 3 rings (SSSR count). The maximum Gasteiger partial charge on any atom is 0.169 e. The highest BCUT2D eigenvalue weighted by molar-refractivity contribution is 7.80. The maximum atomic E-state index is 5.59. The number of thiocarbonyl (C=S) groups is 1. The van der Waals surface area contributed by atoms with Crippen LogP contribution in [0.4, 0.5) is 0 Å². The topological polar surface area (TPSA) is 41.3 Å². The van der Waals surface area contributed by atoms with Crippen LogP contribution >= 0.6 is 12.2 Å². The molecule has 2 heterocycles. The van der Waals surface area contributed by atoms with Gasteiger partial charge in [-0.15, -0.1) is 0 Å². The van der Waals surface area contributed by atoms with Crippen molar-refractivity contribution in [3.63, 3.8) is 0 Å². The third-order valence-electron chi connectivity index (χ3n) is 3.58. The number of aromatic nitrogens is 1. The molecule has 4 nitrogen and oxygen atoms in total. The van der Waals surface area contributed by atoms with Crippen LogP contribution in [0.5, 0.6) is 0 Å². The van der Waals surface area contributed by atoms with E-state index in [2.05, 4.69) is 27.3 Å². The van der Waals surface area contributed by atoms with Gasteiger partial charge < -0.3 is 14.6 Å². The zero-order valence-electron chi connectivity index (χ0n) is 13.3. The summed E-state index contributed by atoms with van der Waals surface area (Å²) in [4.78, 5) is 6.51. The summed E-state index contributed by atoms with van der Waals surface area (Å²) in [7, 11) is 0. The van der Waals surface area contributed by atoms with E-state index in [1.807, 2.05) is 48.5 Å². The van der Waals surface area contributed by atoms with Crippen LogP contribution in [0.3, 0.4) is 0 Å². The number of pyridine rings is 1. The smallest absolute Gasteiger partial charge is 0.169 e. The average molecular weight is 337 g/mol. The number of nitrogens with zero attached hydrogens (tertiary/aromatic N) is 2. The van der Waals surface area contributed by atoms with Gasteiger partial charge in [0.05, 0.1) is 25.0 Å². The predicted molar refractivity (Wildman–Crippen MR) is 98.1 cm³/mol. The monoisotopic (exact) mass is 337 g/mol. The van der Waals surface area contributed by atoms with Gasteiger partial charge in [0, 0.05) is 12.7 Å². The molecule has 0 aliphatic rings. The van der Waals surface area contributed by atoms with Crippen molar-refractivity contribution in [2.45, 2.75) is 19.6 Å². The van der Waals surface area contributed by atoms with Crippen LogP contribution in [-0.4, -0.2) is 15.0 Å². The van der Waals surface area contributed by atoms with Crippen LogP contribution < -0.4 is 5.32 Å². The van der Waals surface area contributed by atoms with E-state index in [1.54, 1.807) is 12.5 Å². The predicted octanol–water partition coefficient (Wildman–Crippen LogP) is 3.75. The van der Waals surface area contributed by atoms with E-state index >= 15 is 0 Å². The number of furan rings is 1. The molecule has 24 heavy (non-hydrogen) atoms. The molecule has 0 amide bonds. The summed E-state index contributed by atoms with van der Waals surface area (Å²) in [6.45, 7) is 1.94. The van der Waals surface area contributed by atoms with Gasteiger partial charge in [-0.05, 0) is 42.0 Å². The van der Waals surface area contributed by atoms with Crippen molar-refractivity contribution in [2.24, 2.45) is 0 Å². The van der Waals surface area contributed by atoms with Gasteiger partial charge in [-0.1, -0.05) is 36.4 Å². The molecule has 0 saturated heterocycles. The van der Waals surface area contributed by atoms with E-state index in [0.717, 1.165) is 18.0 Å². The van der Waals surface area contributed by atoms with E-state index in [1.165, 1.54) is 5.56 Å². The molecule has 2 aromatic heterocycles. The summed E-state index contributed by atoms with van der Waals surface area (Å²) in [6.07, 6.45) is 3.46. The number of benzene rings is 1. The van der Waals surface area contributed by atoms with E-state index < -0.39 is 0 Å². The third-order valence-corrected chi connectivity index (χ3v) is 3.98. The molecule has 0 radical (unpaired) electrons. The summed E-state index contributed by atoms with van der Waals surface area (Å²) in [5, 5.41) is 3.94. The first kappa shape index (κ1) is 16.2. The minimum absolute atomic E-state index is 0.569. The van der Waals surface area contributed by atoms with Gasteiger partial charge in [0.15, 0.2) is 5.11 Å². The Morgan fingerprint density at radius 2 is 1.83 bits per heavy atom. The zero-order valence-corrected chi connectivity index (χ0v) is 14.1. The maximum absolute atomic E-state index is 5.59. The first-order chi connectivity index (χ1) is 11.8. The first-order valence-electron chi connectivity index (χ1n) is 7.80. The lowest BCUT2D eigenvalue weighted by molar-refractivity contribution is 0.390. The lowest BCUT2D eigenvalue weighted by atomic mass is 10.2. The van der Waals surface area contributed by atoms with Crippen LogP contribution in [0.2, 0.25) is 0 Å². The molecule has 5 heteroatoms. The molecule has 0 aliphatic carbocycles. The summed E-state index contributed by atoms with van der Waals surface area (Å²) >= 11 is 5.59. The van der Waals surface area contributed by atoms with E-state index in [4.69, 9.17) is 16.6 Å². The van der Waals surface area contributed by atoms with E-state index in [9.17, 15) is 0 Å². The van der Waals surface area contributed by atoms with Gasteiger partial charge in [-0.3, -0.25) is 4.98 Å². The molecular weight excluding hydrogens is 318 g/mol. The van der Waals surface area contributed by atoms with Gasteiger partial charge in [0.2, 0.25) is 0 Å². The van der Waals surface area contributed by atoms with Crippen LogP contribution in [-0.2, 0) is 19.6 Å². The number of rotatable bonds is 6. The molecule has 1 aromatic carbocycles. The zero-order chi connectivity index (χ0) is 16.6. The minimum atomic E-state index is 0.569. The standard InChI is InChI=1S/C19H19N3OS/c24-19(21-13-18-10-6-12-23-18)22(14-16-7-2-1-3-8-16)15-17-9-4-5-11-20-17/h1-12H,13-15H2,(H,21,24). The Morgan fingerprint density at radius 1 is 1.00 bits per heavy atom. The van der Waals surface area contributed by atoms with Crippen molar-refractivity contribution in [3.8, 4) is 0 Å².